The van der Waals surface area contributed by atoms with E-state index >= 15 is 0 Å². The zero-order valence-corrected chi connectivity index (χ0v) is 16.7. The van der Waals surface area contributed by atoms with E-state index in [1.807, 2.05) is 31.2 Å². The molecule has 0 radical (unpaired) electrons. The normalized spacial score (nSPS) is 11.0. The molecular formula is C22H20N2O3S. The first-order valence-corrected chi connectivity index (χ1v) is 9.69. The smallest absolute Gasteiger partial charge is 0.261 e. The van der Waals surface area contributed by atoms with Gasteiger partial charge in [0.1, 0.15) is 16.3 Å². The van der Waals surface area contributed by atoms with E-state index in [9.17, 15) is 4.79 Å². The van der Waals surface area contributed by atoms with Gasteiger partial charge >= 0.3 is 0 Å². The standard InChI is InChI=1S/C22H20N2O3S/c1-13-4-5-14-9-15-11-20(28-22(15)24-18(14)8-13)21(25)23-12-16-10-17(26-2)6-7-19(16)27-3/h4-11H,12H2,1-3H3,(H,23,25). The summed E-state index contributed by atoms with van der Waals surface area (Å²) < 4.78 is 10.6. The molecule has 1 amide bonds. The van der Waals surface area contributed by atoms with Crippen molar-refractivity contribution in [2.45, 2.75) is 13.5 Å². The number of carbonyl (C=O) groups excluding carboxylic acids is 1. The van der Waals surface area contributed by atoms with Gasteiger partial charge in [-0.15, -0.1) is 11.3 Å². The van der Waals surface area contributed by atoms with Crippen LogP contribution in [0.2, 0.25) is 0 Å². The summed E-state index contributed by atoms with van der Waals surface area (Å²) in [6.07, 6.45) is 0. The molecule has 4 aromatic rings. The van der Waals surface area contributed by atoms with Gasteiger partial charge in [0.25, 0.3) is 5.91 Å². The molecule has 0 fully saturated rings. The summed E-state index contributed by atoms with van der Waals surface area (Å²) in [5.41, 5.74) is 2.97. The van der Waals surface area contributed by atoms with E-state index in [-0.39, 0.29) is 5.91 Å². The second-order valence-electron chi connectivity index (χ2n) is 6.55. The first-order chi connectivity index (χ1) is 13.6. The highest BCUT2D eigenvalue weighted by Crippen LogP contribution is 2.28. The highest BCUT2D eigenvalue weighted by molar-refractivity contribution is 7.20. The highest BCUT2D eigenvalue weighted by Gasteiger charge is 2.13. The third kappa shape index (κ3) is 3.51. The average Bonchev–Trinajstić information content (AvgIpc) is 3.12. The predicted octanol–water partition coefficient (Wildman–Crippen LogP) is 4.71. The second kappa shape index (κ2) is 7.48. The lowest BCUT2D eigenvalue weighted by molar-refractivity contribution is 0.0954. The Morgan fingerprint density at radius 2 is 1.89 bits per heavy atom. The minimum absolute atomic E-state index is 0.131. The highest BCUT2D eigenvalue weighted by atomic mass is 32.1. The number of carbonyl (C=O) groups is 1. The van der Waals surface area contributed by atoms with Crippen LogP contribution in [0.15, 0.2) is 48.5 Å². The first-order valence-electron chi connectivity index (χ1n) is 8.87. The summed E-state index contributed by atoms with van der Waals surface area (Å²) in [6.45, 7) is 2.40. The quantitative estimate of drug-likeness (QED) is 0.535. The Balaban J connectivity index is 1.58. The van der Waals surface area contributed by atoms with Crippen LogP contribution in [-0.4, -0.2) is 25.1 Å². The van der Waals surface area contributed by atoms with Crippen molar-refractivity contribution >= 4 is 38.4 Å². The fraction of sp³-hybridized carbons (Fsp3) is 0.182. The molecule has 4 rings (SSSR count). The minimum atomic E-state index is -0.131. The van der Waals surface area contributed by atoms with Crippen LogP contribution in [0.3, 0.4) is 0 Å². The Morgan fingerprint density at radius 1 is 1.04 bits per heavy atom. The van der Waals surface area contributed by atoms with Gasteiger partial charge in [-0.3, -0.25) is 4.79 Å². The van der Waals surface area contributed by atoms with Crippen molar-refractivity contribution in [3.05, 3.63) is 64.5 Å². The van der Waals surface area contributed by atoms with Crippen LogP contribution in [0.1, 0.15) is 20.8 Å². The topological polar surface area (TPSA) is 60.5 Å². The number of aromatic nitrogens is 1. The van der Waals surface area contributed by atoms with Crippen LogP contribution >= 0.6 is 11.3 Å². The largest absolute Gasteiger partial charge is 0.497 e. The minimum Gasteiger partial charge on any atom is -0.497 e. The molecular weight excluding hydrogens is 372 g/mol. The lowest BCUT2D eigenvalue weighted by Crippen LogP contribution is -2.22. The fourth-order valence-electron chi connectivity index (χ4n) is 3.13. The van der Waals surface area contributed by atoms with Crippen LogP contribution < -0.4 is 14.8 Å². The van der Waals surface area contributed by atoms with E-state index in [0.29, 0.717) is 17.2 Å². The average molecular weight is 392 g/mol. The summed E-state index contributed by atoms with van der Waals surface area (Å²) in [5.74, 6) is 1.30. The van der Waals surface area contributed by atoms with Gasteiger partial charge in [-0.25, -0.2) is 4.98 Å². The number of thiophene rings is 1. The molecule has 6 heteroatoms. The van der Waals surface area contributed by atoms with Gasteiger partial charge in [-0.1, -0.05) is 12.1 Å². The Kier molecular flexibility index (Phi) is 4.88. The number of rotatable bonds is 5. The number of aryl methyl sites for hydroxylation is 1. The SMILES string of the molecule is COc1ccc(OC)c(CNC(=O)c2cc3cc4ccc(C)cc4nc3s2)c1. The number of nitrogens with zero attached hydrogens (tertiary/aromatic N) is 1. The first kappa shape index (κ1) is 18.3. The Bertz CT molecular complexity index is 1180. The molecule has 0 bridgehead atoms. The van der Waals surface area contributed by atoms with Crippen LogP contribution in [0.25, 0.3) is 21.1 Å². The number of amides is 1. The van der Waals surface area contributed by atoms with E-state index in [4.69, 9.17) is 14.5 Å². The zero-order valence-electron chi connectivity index (χ0n) is 15.9. The molecule has 0 aliphatic rings. The van der Waals surface area contributed by atoms with E-state index in [2.05, 4.69) is 29.6 Å². The van der Waals surface area contributed by atoms with E-state index < -0.39 is 0 Å². The molecule has 0 saturated heterocycles. The van der Waals surface area contributed by atoms with Gasteiger partial charge in [-0.2, -0.15) is 0 Å². The van der Waals surface area contributed by atoms with Gasteiger partial charge in [0.05, 0.1) is 24.6 Å². The van der Waals surface area contributed by atoms with Gasteiger partial charge in [0.15, 0.2) is 0 Å². The van der Waals surface area contributed by atoms with Crippen molar-refractivity contribution in [2.24, 2.45) is 0 Å². The molecule has 2 aromatic carbocycles. The molecule has 5 nitrogen and oxygen atoms in total. The van der Waals surface area contributed by atoms with Crippen molar-refractivity contribution in [3.8, 4) is 11.5 Å². The van der Waals surface area contributed by atoms with Gasteiger partial charge < -0.3 is 14.8 Å². The van der Waals surface area contributed by atoms with Crippen molar-refractivity contribution in [1.29, 1.82) is 0 Å². The van der Waals surface area contributed by atoms with Crippen LogP contribution in [0, 0.1) is 6.92 Å². The molecule has 0 unspecified atom stereocenters. The number of benzene rings is 2. The molecule has 28 heavy (non-hydrogen) atoms. The number of methoxy groups -OCH3 is 2. The van der Waals surface area contributed by atoms with E-state index in [1.54, 1.807) is 14.2 Å². The Hall–Kier alpha value is -3.12. The van der Waals surface area contributed by atoms with Gasteiger partial charge in [-0.05, 0) is 48.9 Å². The zero-order chi connectivity index (χ0) is 19.7. The maximum Gasteiger partial charge on any atom is 0.261 e. The molecule has 2 heterocycles. The summed E-state index contributed by atoms with van der Waals surface area (Å²) in [4.78, 5) is 18.9. The maximum atomic E-state index is 12.7. The molecule has 142 valence electrons. The van der Waals surface area contributed by atoms with Crippen LogP contribution in [0.4, 0.5) is 0 Å². The summed E-state index contributed by atoms with van der Waals surface area (Å²) in [6, 6.07) is 15.7. The molecule has 0 saturated carbocycles. The Morgan fingerprint density at radius 3 is 2.68 bits per heavy atom. The lowest BCUT2D eigenvalue weighted by Gasteiger charge is -2.11. The number of hydrogen-bond donors (Lipinski definition) is 1. The molecule has 0 aliphatic heterocycles. The molecule has 0 aliphatic carbocycles. The maximum absolute atomic E-state index is 12.7. The molecule has 1 N–H and O–H groups in total. The Labute approximate surface area is 166 Å². The van der Waals surface area contributed by atoms with Crippen molar-refractivity contribution in [2.75, 3.05) is 14.2 Å². The van der Waals surface area contributed by atoms with Crippen molar-refractivity contribution in [3.63, 3.8) is 0 Å². The third-order valence-corrected chi connectivity index (χ3v) is 5.65. The second-order valence-corrected chi connectivity index (χ2v) is 7.58. The number of nitrogens with one attached hydrogen (secondary N) is 1. The monoisotopic (exact) mass is 392 g/mol. The lowest BCUT2D eigenvalue weighted by atomic mass is 10.1. The summed E-state index contributed by atoms with van der Waals surface area (Å²) in [5, 5.41) is 5.01. The van der Waals surface area contributed by atoms with Crippen molar-refractivity contribution < 1.29 is 14.3 Å². The number of ether oxygens (including phenoxy) is 2. The van der Waals surface area contributed by atoms with Crippen LogP contribution in [-0.2, 0) is 6.54 Å². The summed E-state index contributed by atoms with van der Waals surface area (Å²) >= 11 is 1.40. The molecule has 2 aromatic heterocycles. The van der Waals surface area contributed by atoms with Crippen LogP contribution in [0.5, 0.6) is 11.5 Å². The van der Waals surface area contributed by atoms with E-state index in [1.165, 1.54) is 16.9 Å². The number of fused-ring (bicyclic) bond motifs is 2. The van der Waals surface area contributed by atoms with Gasteiger partial charge in [0, 0.05) is 22.9 Å². The predicted molar refractivity (Wildman–Crippen MR) is 113 cm³/mol. The number of hydrogen-bond acceptors (Lipinski definition) is 5. The van der Waals surface area contributed by atoms with Crippen molar-refractivity contribution in [1.82, 2.24) is 10.3 Å². The molecule has 0 atom stereocenters. The third-order valence-electron chi connectivity index (χ3n) is 4.61. The fourth-order valence-corrected chi connectivity index (χ4v) is 4.07. The molecule has 0 spiro atoms. The summed E-state index contributed by atoms with van der Waals surface area (Å²) in [7, 11) is 3.22. The van der Waals surface area contributed by atoms with Gasteiger partial charge in [0.2, 0.25) is 0 Å². The van der Waals surface area contributed by atoms with E-state index in [0.717, 1.165) is 32.4 Å². The number of pyridine rings is 1.